The zero-order valence-corrected chi connectivity index (χ0v) is 25.4. The molecule has 0 aromatic heterocycles. The van der Waals surface area contributed by atoms with Crippen molar-refractivity contribution in [3.63, 3.8) is 0 Å². The fraction of sp³-hybridized carbons (Fsp3) is 0.111. The fourth-order valence-electron chi connectivity index (χ4n) is 2.57. The number of hydrogen-bond donors (Lipinski definition) is 3. The van der Waals surface area contributed by atoms with Gasteiger partial charge < -0.3 is 45.7 Å². The maximum Gasteiger partial charge on any atom is 3.00 e. The van der Waals surface area contributed by atoms with Gasteiger partial charge in [0.2, 0.25) is 0 Å². The van der Waals surface area contributed by atoms with E-state index in [0.29, 0.717) is 31.8 Å². The van der Waals surface area contributed by atoms with E-state index < -0.39 is 55.3 Å². The van der Waals surface area contributed by atoms with Gasteiger partial charge in [-0.3, -0.25) is 14.4 Å². The summed E-state index contributed by atoms with van der Waals surface area (Å²) in [5.74, 6) is -5.38. The van der Waals surface area contributed by atoms with Gasteiger partial charge in [-0.05, 0) is 72.8 Å². The molecule has 3 rings (SSSR count). The van der Waals surface area contributed by atoms with Gasteiger partial charge in [0.15, 0.2) is 0 Å². The molecule has 0 atom stereocenters. The Morgan fingerprint density at radius 3 is 0.791 bits per heavy atom. The third-order valence-corrected chi connectivity index (χ3v) is 5.26. The van der Waals surface area contributed by atoms with Crippen LogP contribution in [0.5, 0.6) is 0 Å². The number of carboxylic acid groups (broad SMARTS) is 3. The second-order valence-corrected chi connectivity index (χ2v) is 8.99. The van der Waals surface area contributed by atoms with Gasteiger partial charge in [-0.1, -0.05) is 34.8 Å². The van der Waals surface area contributed by atoms with Crippen LogP contribution in [0.15, 0.2) is 72.8 Å². The maximum atomic E-state index is 11.2. The Balaban J connectivity index is 0.000000608. The maximum absolute atomic E-state index is 11.2. The molecule has 0 fully saturated rings. The first kappa shape index (κ1) is 38.9. The van der Waals surface area contributed by atoms with Crippen molar-refractivity contribution in [3.05, 3.63) is 105 Å². The van der Waals surface area contributed by atoms with Crippen LogP contribution in [0.3, 0.4) is 0 Å². The SMILES string of the molecule is O=C([O-])CNC(=O)c1ccc(Cl)cc1.O=C([O-])CNC(=O)c1ccc(Cl)cc1.O=C([O-])CNC(=O)c1ccc(Cl)cc1.[Al+3]. The Hall–Kier alpha value is -4.12. The van der Waals surface area contributed by atoms with Crippen LogP contribution in [0, 0.1) is 0 Å². The Kier molecular flexibility index (Phi) is 18.7. The van der Waals surface area contributed by atoms with Gasteiger partial charge in [0.25, 0.3) is 17.7 Å². The molecule has 0 aliphatic carbocycles. The fourth-order valence-corrected chi connectivity index (χ4v) is 2.95. The first-order valence-corrected chi connectivity index (χ1v) is 12.6. The van der Waals surface area contributed by atoms with E-state index in [0.717, 1.165) is 0 Å². The van der Waals surface area contributed by atoms with Crippen molar-refractivity contribution >= 4 is 87.8 Å². The predicted molar refractivity (Wildman–Crippen MR) is 152 cm³/mol. The third kappa shape index (κ3) is 17.4. The van der Waals surface area contributed by atoms with Gasteiger partial charge in [-0.15, -0.1) is 0 Å². The average molecular weight is 665 g/mol. The monoisotopic (exact) mass is 663 g/mol. The van der Waals surface area contributed by atoms with E-state index in [1.165, 1.54) is 36.4 Å². The second kappa shape index (κ2) is 20.7. The summed E-state index contributed by atoms with van der Waals surface area (Å²) in [5.41, 5.74) is 1.07. The zero-order chi connectivity index (χ0) is 31.7. The number of carboxylic acids is 3. The van der Waals surface area contributed by atoms with Gasteiger partial charge in [-0.25, -0.2) is 0 Å². The van der Waals surface area contributed by atoms with Crippen molar-refractivity contribution in [2.45, 2.75) is 0 Å². The Morgan fingerprint density at radius 2 is 0.628 bits per heavy atom. The van der Waals surface area contributed by atoms with Crippen LogP contribution in [-0.2, 0) is 14.4 Å². The summed E-state index contributed by atoms with van der Waals surface area (Å²) in [5, 5.41) is 38.2. The molecular formula is C27H21AlCl3N3O9. The summed E-state index contributed by atoms with van der Waals surface area (Å²) in [7, 11) is 0. The van der Waals surface area contributed by atoms with Crippen molar-refractivity contribution < 1.29 is 44.1 Å². The first-order valence-electron chi connectivity index (χ1n) is 11.5. The van der Waals surface area contributed by atoms with E-state index in [9.17, 15) is 44.1 Å². The summed E-state index contributed by atoms with van der Waals surface area (Å²) >= 11 is 16.8. The van der Waals surface area contributed by atoms with Crippen molar-refractivity contribution in [1.82, 2.24) is 16.0 Å². The van der Waals surface area contributed by atoms with Crippen molar-refractivity contribution in [2.24, 2.45) is 0 Å². The molecule has 0 aliphatic heterocycles. The Morgan fingerprint density at radius 1 is 0.442 bits per heavy atom. The van der Waals surface area contributed by atoms with E-state index in [4.69, 9.17) is 34.8 Å². The van der Waals surface area contributed by atoms with Gasteiger partial charge in [-0.2, -0.15) is 0 Å². The minimum absolute atomic E-state index is 0. The number of benzene rings is 3. The number of amides is 3. The zero-order valence-electron chi connectivity index (χ0n) is 21.9. The van der Waals surface area contributed by atoms with E-state index in [1.807, 2.05) is 0 Å². The number of halogens is 3. The number of carbonyl (C=O) groups is 6. The number of carbonyl (C=O) groups excluding carboxylic acids is 6. The number of rotatable bonds is 9. The van der Waals surface area contributed by atoms with Crippen LogP contribution in [0.2, 0.25) is 15.1 Å². The largest absolute Gasteiger partial charge is 3.00 e. The van der Waals surface area contributed by atoms with E-state index in [1.54, 1.807) is 36.4 Å². The molecule has 222 valence electrons. The second-order valence-electron chi connectivity index (χ2n) is 7.68. The topological polar surface area (TPSA) is 208 Å². The number of nitrogens with one attached hydrogen (secondary N) is 3. The summed E-state index contributed by atoms with van der Waals surface area (Å²) in [6, 6.07) is 18.3. The van der Waals surface area contributed by atoms with Gasteiger partial charge in [0.1, 0.15) is 0 Å². The number of aliphatic carboxylic acids is 3. The molecule has 0 saturated carbocycles. The first-order chi connectivity index (χ1) is 19.8. The molecule has 3 N–H and O–H groups in total. The number of hydrogen-bond acceptors (Lipinski definition) is 9. The summed E-state index contributed by atoms with van der Waals surface area (Å²) in [6.45, 7) is -1.50. The van der Waals surface area contributed by atoms with E-state index in [-0.39, 0.29) is 17.4 Å². The van der Waals surface area contributed by atoms with Gasteiger partial charge >= 0.3 is 17.4 Å². The Labute approximate surface area is 271 Å². The van der Waals surface area contributed by atoms with E-state index >= 15 is 0 Å². The molecular weight excluding hydrogens is 644 g/mol. The molecule has 3 aromatic rings. The summed E-state index contributed by atoms with van der Waals surface area (Å²) < 4.78 is 0. The molecule has 0 spiro atoms. The van der Waals surface area contributed by atoms with Gasteiger partial charge in [0.05, 0.1) is 37.5 Å². The minimum atomic E-state index is -1.33. The van der Waals surface area contributed by atoms with Crippen LogP contribution < -0.4 is 31.3 Å². The summed E-state index contributed by atoms with van der Waals surface area (Å²) in [4.78, 5) is 63.8. The normalized spacial score (nSPS) is 9.28. The molecule has 3 aromatic carbocycles. The van der Waals surface area contributed by atoms with Crippen LogP contribution >= 0.6 is 34.8 Å². The van der Waals surface area contributed by atoms with E-state index in [2.05, 4.69) is 16.0 Å². The molecule has 3 amide bonds. The summed E-state index contributed by atoms with van der Waals surface area (Å²) in [6.07, 6.45) is 0. The average Bonchev–Trinajstić information content (AvgIpc) is 2.95. The van der Waals surface area contributed by atoms with Crippen LogP contribution in [0.4, 0.5) is 0 Å². The van der Waals surface area contributed by atoms with Gasteiger partial charge in [0, 0.05) is 31.8 Å². The molecule has 0 aliphatic rings. The molecule has 0 saturated heterocycles. The molecule has 0 unspecified atom stereocenters. The van der Waals surface area contributed by atoms with Crippen LogP contribution in [-0.4, -0.2) is 72.6 Å². The molecule has 43 heavy (non-hydrogen) atoms. The van der Waals surface area contributed by atoms with Crippen molar-refractivity contribution in [2.75, 3.05) is 19.6 Å². The van der Waals surface area contributed by atoms with Crippen LogP contribution in [0.25, 0.3) is 0 Å². The molecule has 0 bridgehead atoms. The quantitative estimate of drug-likeness (QED) is 0.241. The third-order valence-electron chi connectivity index (χ3n) is 4.50. The van der Waals surface area contributed by atoms with Crippen LogP contribution in [0.1, 0.15) is 31.1 Å². The smallest absolute Gasteiger partial charge is 0.548 e. The molecule has 0 heterocycles. The predicted octanol–water partition coefficient (Wildman–Crippen LogP) is -0.922. The molecule has 0 radical (unpaired) electrons. The molecule has 16 heteroatoms. The Bertz CT molecular complexity index is 1220. The van der Waals surface area contributed by atoms with Crippen molar-refractivity contribution in [1.29, 1.82) is 0 Å². The standard InChI is InChI=1S/3C9H8ClNO3.Al/c3*10-7-3-1-6(2-4-7)9(14)11-5-8(12)13;/h3*1-4H,5H2,(H,11,14)(H,12,13);/q;;;+3/p-3. The van der Waals surface area contributed by atoms with Crippen molar-refractivity contribution in [3.8, 4) is 0 Å². The minimum Gasteiger partial charge on any atom is -0.548 e. The molecule has 12 nitrogen and oxygen atoms in total.